The van der Waals surface area contributed by atoms with E-state index >= 15 is 0 Å². The number of allylic oxidation sites excluding steroid dienone is 2. The summed E-state index contributed by atoms with van der Waals surface area (Å²) in [5, 5.41) is 9.36. The molecule has 0 bridgehead atoms. The molecule has 3 nitrogen and oxygen atoms in total. The van der Waals surface area contributed by atoms with Crippen LogP contribution in [0.3, 0.4) is 0 Å². The van der Waals surface area contributed by atoms with Gasteiger partial charge in [0.25, 0.3) is 5.91 Å². The van der Waals surface area contributed by atoms with E-state index in [2.05, 4.69) is 0 Å². The number of nitrogens with two attached hydrogens (primary N) is 1. The van der Waals surface area contributed by atoms with Gasteiger partial charge in [0.2, 0.25) is 0 Å². The van der Waals surface area contributed by atoms with Gasteiger partial charge in [-0.3, -0.25) is 4.79 Å². The number of hydrogen-bond donors (Lipinski definition) is 2. The number of rotatable bonds is 1. The number of carbonyl (C=O) groups is 1. The summed E-state index contributed by atoms with van der Waals surface area (Å²) >= 11 is 4.76. The highest BCUT2D eigenvalue weighted by atomic mass is 32.1. The lowest BCUT2D eigenvalue weighted by Crippen LogP contribution is -2.41. The molecule has 3 N–H and O–H groups in total. The second-order valence-corrected chi connectivity index (χ2v) is 2.73. The Morgan fingerprint density at radius 2 is 2.00 bits per heavy atom. The van der Waals surface area contributed by atoms with Crippen LogP contribution < -0.4 is 5.73 Å². The van der Waals surface area contributed by atoms with Crippen molar-refractivity contribution < 1.29 is 9.90 Å². The van der Waals surface area contributed by atoms with Gasteiger partial charge in [-0.15, -0.1) is 0 Å². The molecule has 11 heavy (non-hydrogen) atoms. The van der Waals surface area contributed by atoms with E-state index in [0.717, 1.165) is 0 Å². The Morgan fingerprint density at radius 1 is 1.55 bits per heavy atom. The topological polar surface area (TPSA) is 63.3 Å². The van der Waals surface area contributed by atoms with Crippen molar-refractivity contribution in [3.05, 3.63) is 24.3 Å². The average Bonchev–Trinajstić information content (AvgIpc) is 1.95. The smallest absolute Gasteiger partial charge is 0.257 e. The number of amides is 1. The van der Waals surface area contributed by atoms with Crippen LogP contribution in [0.4, 0.5) is 0 Å². The van der Waals surface area contributed by atoms with E-state index in [0.29, 0.717) is 4.86 Å². The summed E-state index contributed by atoms with van der Waals surface area (Å²) in [5.41, 5.74) is 3.26. The Morgan fingerprint density at radius 3 is 2.36 bits per heavy atom. The van der Waals surface area contributed by atoms with Gasteiger partial charge in [0.1, 0.15) is 0 Å². The second-order valence-electron chi connectivity index (χ2n) is 2.26. The average molecular weight is 169 g/mol. The normalized spacial score (nSPS) is 20.3. The molecule has 0 saturated heterocycles. The van der Waals surface area contributed by atoms with E-state index < -0.39 is 11.5 Å². The maximum atomic E-state index is 10.6. The van der Waals surface area contributed by atoms with Gasteiger partial charge < -0.3 is 10.8 Å². The fourth-order valence-electron chi connectivity index (χ4n) is 0.694. The molecule has 0 spiro atoms. The van der Waals surface area contributed by atoms with E-state index in [1.807, 2.05) is 0 Å². The maximum absolute atomic E-state index is 10.6. The van der Waals surface area contributed by atoms with E-state index in [-0.39, 0.29) is 0 Å². The molecule has 0 atom stereocenters. The molecule has 4 heteroatoms. The van der Waals surface area contributed by atoms with Crippen LogP contribution in [-0.2, 0) is 4.79 Å². The van der Waals surface area contributed by atoms with Gasteiger partial charge in [-0.05, 0) is 24.3 Å². The van der Waals surface area contributed by atoms with Crippen LogP contribution >= 0.6 is 12.2 Å². The Hall–Kier alpha value is -1.00. The predicted octanol–water partition coefficient (Wildman–Crippen LogP) is -0.301. The largest absolute Gasteiger partial charge is 0.373 e. The van der Waals surface area contributed by atoms with Gasteiger partial charge in [0.05, 0.1) is 0 Å². The molecule has 0 aromatic heterocycles. The summed E-state index contributed by atoms with van der Waals surface area (Å²) in [5.74, 6) is -0.799. The third kappa shape index (κ3) is 1.53. The Balaban J connectivity index is 2.94. The molecule has 1 rings (SSSR count). The highest BCUT2D eigenvalue weighted by molar-refractivity contribution is 7.81. The van der Waals surface area contributed by atoms with Crippen molar-refractivity contribution in [2.24, 2.45) is 5.73 Å². The predicted molar refractivity (Wildman–Crippen MR) is 45.0 cm³/mol. The van der Waals surface area contributed by atoms with Crippen LogP contribution in [0.2, 0.25) is 0 Å². The first-order valence-electron chi connectivity index (χ1n) is 2.99. The zero-order valence-electron chi connectivity index (χ0n) is 5.65. The monoisotopic (exact) mass is 169 g/mol. The van der Waals surface area contributed by atoms with Crippen LogP contribution in [-0.4, -0.2) is 21.5 Å². The third-order valence-corrected chi connectivity index (χ3v) is 1.67. The molecule has 0 saturated carbocycles. The summed E-state index contributed by atoms with van der Waals surface area (Å²) < 4.78 is 0. The molecule has 1 amide bonds. The third-order valence-electron chi connectivity index (χ3n) is 1.40. The van der Waals surface area contributed by atoms with Crippen LogP contribution in [0, 0.1) is 0 Å². The number of hydrogen-bond acceptors (Lipinski definition) is 3. The lowest BCUT2D eigenvalue weighted by molar-refractivity contribution is -0.128. The van der Waals surface area contributed by atoms with E-state index in [9.17, 15) is 9.90 Å². The van der Waals surface area contributed by atoms with Crippen molar-refractivity contribution in [1.29, 1.82) is 0 Å². The number of aliphatic hydroxyl groups is 1. The van der Waals surface area contributed by atoms with Gasteiger partial charge in [-0.2, -0.15) is 0 Å². The summed E-state index contributed by atoms with van der Waals surface area (Å²) in [6.07, 6.45) is 5.50. The first-order valence-corrected chi connectivity index (χ1v) is 3.40. The molecule has 0 aromatic rings. The second kappa shape index (κ2) is 2.56. The van der Waals surface area contributed by atoms with Crippen LogP contribution in [0.25, 0.3) is 0 Å². The zero-order valence-corrected chi connectivity index (χ0v) is 6.47. The molecule has 58 valence electrons. The molecule has 0 radical (unpaired) electrons. The highest BCUT2D eigenvalue weighted by Gasteiger charge is 2.28. The molecular weight excluding hydrogens is 162 g/mol. The van der Waals surface area contributed by atoms with Crippen molar-refractivity contribution in [3.8, 4) is 0 Å². The standard InChI is InChI=1S/C7H7NO2S/c8-6(9)7(10)3-1-5(11)2-4-7/h1-4,10H,(H2,8,9). The van der Waals surface area contributed by atoms with Gasteiger partial charge in [-0.1, -0.05) is 12.2 Å². The lowest BCUT2D eigenvalue weighted by Gasteiger charge is -2.17. The number of carbonyl (C=O) groups excluding carboxylic acids is 1. The summed E-state index contributed by atoms with van der Waals surface area (Å²) in [4.78, 5) is 11.2. The van der Waals surface area contributed by atoms with Crippen molar-refractivity contribution in [3.63, 3.8) is 0 Å². The zero-order chi connectivity index (χ0) is 8.48. The van der Waals surface area contributed by atoms with Gasteiger partial charge in [-0.25, -0.2) is 0 Å². The number of thiocarbonyl (C=S) groups is 1. The van der Waals surface area contributed by atoms with Crippen molar-refractivity contribution in [1.82, 2.24) is 0 Å². The molecule has 0 aliphatic heterocycles. The van der Waals surface area contributed by atoms with Gasteiger partial charge in [0, 0.05) is 4.86 Å². The minimum atomic E-state index is -1.65. The first kappa shape index (κ1) is 8.10. The van der Waals surface area contributed by atoms with Crippen LogP contribution in [0.1, 0.15) is 0 Å². The molecule has 1 aliphatic carbocycles. The van der Waals surface area contributed by atoms with E-state index in [4.69, 9.17) is 18.0 Å². The van der Waals surface area contributed by atoms with Crippen molar-refractivity contribution in [2.45, 2.75) is 5.60 Å². The summed E-state index contributed by atoms with van der Waals surface area (Å²) in [6.45, 7) is 0. The van der Waals surface area contributed by atoms with E-state index in [1.165, 1.54) is 24.3 Å². The lowest BCUT2D eigenvalue weighted by atomic mass is 9.98. The van der Waals surface area contributed by atoms with Crippen LogP contribution in [0.15, 0.2) is 24.3 Å². The first-order chi connectivity index (χ1) is 5.04. The Bertz CT molecular complexity index is 252. The van der Waals surface area contributed by atoms with Crippen molar-refractivity contribution in [2.75, 3.05) is 0 Å². The fraction of sp³-hybridized carbons (Fsp3) is 0.143. The van der Waals surface area contributed by atoms with Gasteiger partial charge >= 0.3 is 0 Å². The minimum absolute atomic E-state index is 0.566. The maximum Gasteiger partial charge on any atom is 0.257 e. The van der Waals surface area contributed by atoms with Crippen molar-refractivity contribution >= 4 is 23.0 Å². The Kier molecular flexibility index (Phi) is 1.89. The molecule has 0 fully saturated rings. The van der Waals surface area contributed by atoms with E-state index in [1.54, 1.807) is 0 Å². The molecule has 0 unspecified atom stereocenters. The molecule has 0 aromatic carbocycles. The SMILES string of the molecule is NC(=O)C1(O)C=CC(=S)C=C1. The highest BCUT2D eigenvalue weighted by Crippen LogP contribution is 2.12. The summed E-state index contributed by atoms with van der Waals surface area (Å²) in [6, 6.07) is 0. The summed E-state index contributed by atoms with van der Waals surface area (Å²) in [7, 11) is 0. The fourth-order valence-corrected chi connectivity index (χ4v) is 0.830. The molecule has 0 heterocycles. The molecular formula is C7H7NO2S. The quantitative estimate of drug-likeness (QED) is 0.530. The van der Waals surface area contributed by atoms with Gasteiger partial charge in [0.15, 0.2) is 5.60 Å². The Labute approximate surface area is 69.2 Å². The minimum Gasteiger partial charge on any atom is -0.373 e. The molecule has 1 aliphatic rings. The number of primary amides is 1. The van der Waals surface area contributed by atoms with Crippen LogP contribution in [0.5, 0.6) is 0 Å².